The van der Waals surface area contributed by atoms with Crippen LogP contribution < -0.4 is 10.1 Å². The summed E-state index contributed by atoms with van der Waals surface area (Å²) >= 11 is 3.54. The number of aryl methyl sites for hydroxylation is 1. The first-order valence-electron chi connectivity index (χ1n) is 7.12. The molecule has 0 amide bonds. The second-order valence-corrected chi connectivity index (χ2v) is 5.92. The molecule has 4 heteroatoms. The standard InChI is InChI=1S/C17H21BrN2O/c1-4-20-16(15-7-8-19-11-12(15)2)10-13-9-14(18)5-6-17(13)21-3/h5-9,11,16,20H,4,10H2,1-3H3. The predicted octanol–water partition coefficient (Wildman–Crippen LogP) is 4.05. The lowest BCUT2D eigenvalue weighted by molar-refractivity contribution is 0.405. The van der Waals surface area contributed by atoms with Gasteiger partial charge in [0.25, 0.3) is 0 Å². The molecule has 0 fully saturated rings. The average molecular weight is 349 g/mol. The molecule has 1 N–H and O–H groups in total. The fourth-order valence-corrected chi connectivity index (χ4v) is 2.95. The highest BCUT2D eigenvalue weighted by molar-refractivity contribution is 9.10. The Morgan fingerprint density at radius 3 is 2.81 bits per heavy atom. The quantitative estimate of drug-likeness (QED) is 0.854. The molecule has 1 aromatic carbocycles. The lowest BCUT2D eigenvalue weighted by atomic mass is 9.96. The number of pyridine rings is 1. The minimum Gasteiger partial charge on any atom is -0.496 e. The smallest absolute Gasteiger partial charge is 0.122 e. The van der Waals surface area contributed by atoms with Crippen molar-refractivity contribution in [1.29, 1.82) is 0 Å². The Hall–Kier alpha value is -1.39. The SMILES string of the molecule is CCNC(Cc1cc(Br)ccc1OC)c1ccncc1C. The lowest BCUT2D eigenvalue weighted by Crippen LogP contribution is -2.24. The third-order valence-electron chi connectivity index (χ3n) is 3.56. The Kier molecular flexibility index (Phi) is 5.76. The number of likely N-dealkylation sites (N-methyl/N-ethyl adjacent to an activating group) is 1. The molecule has 0 aliphatic rings. The lowest BCUT2D eigenvalue weighted by Gasteiger charge is -2.21. The monoisotopic (exact) mass is 348 g/mol. The first kappa shape index (κ1) is 16.0. The van der Waals surface area contributed by atoms with E-state index in [1.807, 2.05) is 24.5 Å². The van der Waals surface area contributed by atoms with Crippen LogP contribution in [-0.2, 0) is 6.42 Å². The number of hydrogen-bond acceptors (Lipinski definition) is 3. The van der Waals surface area contributed by atoms with E-state index in [4.69, 9.17) is 4.74 Å². The van der Waals surface area contributed by atoms with Gasteiger partial charge in [0.2, 0.25) is 0 Å². The van der Waals surface area contributed by atoms with Crippen molar-refractivity contribution in [3.05, 3.63) is 57.8 Å². The third-order valence-corrected chi connectivity index (χ3v) is 4.05. The van der Waals surface area contributed by atoms with Crippen LogP contribution in [0.25, 0.3) is 0 Å². The van der Waals surface area contributed by atoms with Gasteiger partial charge in [-0.2, -0.15) is 0 Å². The fraction of sp³-hybridized carbons (Fsp3) is 0.353. The van der Waals surface area contributed by atoms with E-state index in [2.05, 4.69) is 52.2 Å². The maximum Gasteiger partial charge on any atom is 0.122 e. The van der Waals surface area contributed by atoms with Crippen LogP contribution in [0.4, 0.5) is 0 Å². The van der Waals surface area contributed by atoms with Gasteiger partial charge in [0.05, 0.1) is 7.11 Å². The van der Waals surface area contributed by atoms with Crippen molar-refractivity contribution in [3.8, 4) is 5.75 Å². The summed E-state index contributed by atoms with van der Waals surface area (Å²) in [6.45, 7) is 5.15. The topological polar surface area (TPSA) is 34.1 Å². The molecule has 2 aromatic rings. The van der Waals surface area contributed by atoms with E-state index in [1.165, 1.54) is 16.7 Å². The molecular formula is C17H21BrN2O. The van der Waals surface area contributed by atoms with Crippen LogP contribution in [0.2, 0.25) is 0 Å². The summed E-state index contributed by atoms with van der Waals surface area (Å²) < 4.78 is 6.55. The van der Waals surface area contributed by atoms with E-state index in [-0.39, 0.29) is 6.04 Å². The third kappa shape index (κ3) is 4.05. The van der Waals surface area contributed by atoms with Gasteiger partial charge in [0.1, 0.15) is 5.75 Å². The Labute approximate surface area is 134 Å². The number of rotatable bonds is 6. The van der Waals surface area contributed by atoms with E-state index in [1.54, 1.807) is 7.11 Å². The van der Waals surface area contributed by atoms with Crippen LogP contribution in [0, 0.1) is 6.92 Å². The van der Waals surface area contributed by atoms with Crippen LogP contribution in [0.5, 0.6) is 5.75 Å². The van der Waals surface area contributed by atoms with Gasteiger partial charge < -0.3 is 10.1 Å². The predicted molar refractivity (Wildman–Crippen MR) is 89.8 cm³/mol. The van der Waals surface area contributed by atoms with E-state index in [9.17, 15) is 0 Å². The normalized spacial score (nSPS) is 12.2. The zero-order valence-corrected chi connectivity index (χ0v) is 14.3. The number of nitrogens with zero attached hydrogens (tertiary/aromatic N) is 1. The highest BCUT2D eigenvalue weighted by Crippen LogP contribution is 2.28. The van der Waals surface area contributed by atoms with Crippen molar-refractivity contribution < 1.29 is 4.74 Å². The first-order valence-corrected chi connectivity index (χ1v) is 7.91. The molecule has 0 saturated heterocycles. The van der Waals surface area contributed by atoms with E-state index < -0.39 is 0 Å². The number of methoxy groups -OCH3 is 1. The average Bonchev–Trinajstić information content (AvgIpc) is 2.48. The Morgan fingerprint density at radius 2 is 2.14 bits per heavy atom. The summed E-state index contributed by atoms with van der Waals surface area (Å²) in [7, 11) is 1.71. The summed E-state index contributed by atoms with van der Waals surface area (Å²) in [6, 6.07) is 8.47. The number of benzene rings is 1. The molecule has 0 aliphatic heterocycles. The molecule has 1 atom stereocenters. The van der Waals surface area contributed by atoms with Crippen molar-refractivity contribution >= 4 is 15.9 Å². The molecule has 0 aliphatic carbocycles. The zero-order valence-electron chi connectivity index (χ0n) is 12.7. The number of halogens is 1. The summed E-state index contributed by atoms with van der Waals surface area (Å²) in [5.41, 5.74) is 3.68. The molecule has 1 unspecified atom stereocenters. The molecule has 112 valence electrons. The number of nitrogens with one attached hydrogen (secondary N) is 1. The second kappa shape index (κ2) is 7.57. The van der Waals surface area contributed by atoms with E-state index in [0.29, 0.717) is 0 Å². The maximum absolute atomic E-state index is 5.48. The summed E-state index contributed by atoms with van der Waals surface area (Å²) in [5.74, 6) is 0.924. The fourth-order valence-electron chi connectivity index (χ4n) is 2.54. The van der Waals surface area contributed by atoms with Gasteiger partial charge in [-0.15, -0.1) is 0 Å². The van der Waals surface area contributed by atoms with Crippen molar-refractivity contribution in [1.82, 2.24) is 10.3 Å². The molecule has 0 spiro atoms. The highest BCUT2D eigenvalue weighted by atomic mass is 79.9. The van der Waals surface area contributed by atoms with Crippen LogP contribution in [0.3, 0.4) is 0 Å². The summed E-state index contributed by atoms with van der Waals surface area (Å²) in [6.07, 6.45) is 4.64. The molecule has 2 rings (SSSR count). The van der Waals surface area contributed by atoms with Crippen LogP contribution in [0.1, 0.15) is 29.7 Å². The molecule has 0 saturated carbocycles. The molecule has 1 heterocycles. The summed E-state index contributed by atoms with van der Waals surface area (Å²) in [4.78, 5) is 4.18. The van der Waals surface area contributed by atoms with Crippen LogP contribution >= 0.6 is 15.9 Å². The second-order valence-electron chi connectivity index (χ2n) is 5.00. The zero-order chi connectivity index (χ0) is 15.2. The Morgan fingerprint density at radius 1 is 1.33 bits per heavy atom. The number of ether oxygens (including phenoxy) is 1. The van der Waals surface area contributed by atoms with Gasteiger partial charge in [0, 0.05) is 22.9 Å². The van der Waals surface area contributed by atoms with E-state index >= 15 is 0 Å². The minimum absolute atomic E-state index is 0.251. The Bertz CT molecular complexity index is 601. The van der Waals surface area contributed by atoms with Crippen molar-refractivity contribution in [3.63, 3.8) is 0 Å². The van der Waals surface area contributed by atoms with Gasteiger partial charge in [-0.1, -0.05) is 22.9 Å². The van der Waals surface area contributed by atoms with Gasteiger partial charge in [0.15, 0.2) is 0 Å². The highest BCUT2D eigenvalue weighted by Gasteiger charge is 2.16. The van der Waals surface area contributed by atoms with Crippen LogP contribution in [0.15, 0.2) is 41.1 Å². The van der Waals surface area contributed by atoms with Crippen molar-refractivity contribution in [2.45, 2.75) is 26.3 Å². The first-order chi connectivity index (χ1) is 10.2. The largest absolute Gasteiger partial charge is 0.496 e. The van der Waals surface area contributed by atoms with Crippen molar-refractivity contribution in [2.24, 2.45) is 0 Å². The summed E-state index contributed by atoms with van der Waals surface area (Å²) in [5, 5.41) is 3.56. The molecule has 0 radical (unpaired) electrons. The molecule has 3 nitrogen and oxygen atoms in total. The van der Waals surface area contributed by atoms with Crippen LogP contribution in [-0.4, -0.2) is 18.6 Å². The molecule has 0 bridgehead atoms. The minimum atomic E-state index is 0.251. The van der Waals surface area contributed by atoms with Gasteiger partial charge >= 0.3 is 0 Å². The van der Waals surface area contributed by atoms with Crippen molar-refractivity contribution in [2.75, 3.05) is 13.7 Å². The van der Waals surface area contributed by atoms with Gasteiger partial charge in [-0.05, 0) is 60.8 Å². The van der Waals surface area contributed by atoms with Gasteiger partial charge in [-0.25, -0.2) is 0 Å². The maximum atomic E-state index is 5.48. The molecule has 21 heavy (non-hydrogen) atoms. The van der Waals surface area contributed by atoms with E-state index in [0.717, 1.165) is 23.2 Å². The van der Waals surface area contributed by atoms with Gasteiger partial charge in [-0.3, -0.25) is 4.98 Å². The molecular weight excluding hydrogens is 328 g/mol. The Balaban J connectivity index is 2.33. The molecule has 1 aromatic heterocycles. The number of aromatic nitrogens is 1. The number of hydrogen-bond donors (Lipinski definition) is 1.